The van der Waals surface area contributed by atoms with Gasteiger partial charge >= 0.3 is 5.97 Å². The van der Waals surface area contributed by atoms with E-state index in [0.29, 0.717) is 12.3 Å². The fourth-order valence-electron chi connectivity index (χ4n) is 3.10. The third kappa shape index (κ3) is 10.4. The van der Waals surface area contributed by atoms with Crippen molar-refractivity contribution in [2.45, 2.75) is 64.3 Å². The van der Waals surface area contributed by atoms with Crippen LogP contribution in [0, 0.1) is 5.92 Å². The molecule has 1 aliphatic carbocycles. The van der Waals surface area contributed by atoms with Gasteiger partial charge in [0.05, 0.1) is 13.1 Å². The predicted molar refractivity (Wildman–Crippen MR) is 91.7 cm³/mol. The van der Waals surface area contributed by atoms with E-state index < -0.39 is 11.9 Å². The zero-order valence-electron chi connectivity index (χ0n) is 14.8. The molecule has 8 nitrogen and oxygen atoms in total. The van der Waals surface area contributed by atoms with Gasteiger partial charge in [0.2, 0.25) is 17.7 Å². The van der Waals surface area contributed by atoms with Crippen LogP contribution < -0.4 is 16.0 Å². The lowest BCUT2D eigenvalue weighted by Crippen LogP contribution is -2.45. The molecule has 0 bridgehead atoms. The fraction of sp³-hybridized carbons (Fsp3) is 0.765. The Labute approximate surface area is 148 Å². The molecule has 0 aromatic carbocycles. The summed E-state index contributed by atoms with van der Waals surface area (Å²) in [4.78, 5) is 45.1. The predicted octanol–water partition coefficient (Wildman–Crippen LogP) is 0.559. The number of hydrogen-bond acceptors (Lipinski definition) is 4. The van der Waals surface area contributed by atoms with E-state index in [1.54, 1.807) is 0 Å². The average molecular weight is 355 g/mol. The van der Waals surface area contributed by atoms with Crippen LogP contribution in [-0.4, -0.2) is 47.9 Å². The van der Waals surface area contributed by atoms with Crippen LogP contribution in [0.25, 0.3) is 0 Å². The molecule has 0 saturated heterocycles. The van der Waals surface area contributed by atoms with Crippen molar-refractivity contribution in [1.29, 1.82) is 0 Å². The number of carboxylic acids is 1. The first-order valence-electron chi connectivity index (χ1n) is 8.89. The summed E-state index contributed by atoms with van der Waals surface area (Å²) in [6.45, 7) is 0.943. The van der Waals surface area contributed by atoms with Crippen molar-refractivity contribution in [3.63, 3.8) is 0 Å². The van der Waals surface area contributed by atoms with Crippen molar-refractivity contribution in [2.24, 2.45) is 5.92 Å². The second kappa shape index (κ2) is 11.4. The molecule has 0 spiro atoms. The summed E-state index contributed by atoms with van der Waals surface area (Å²) in [6, 6.07) is -0.195. The van der Waals surface area contributed by atoms with Crippen molar-refractivity contribution in [3.8, 4) is 0 Å². The Kier molecular flexibility index (Phi) is 9.57. The first-order valence-corrected chi connectivity index (χ1v) is 8.89. The quantitative estimate of drug-likeness (QED) is 0.456. The van der Waals surface area contributed by atoms with Gasteiger partial charge < -0.3 is 21.1 Å². The number of amides is 3. The Bertz CT molecular complexity index is 475. The van der Waals surface area contributed by atoms with Crippen LogP contribution in [0.2, 0.25) is 0 Å². The molecular formula is C17H29N3O5. The third-order valence-corrected chi connectivity index (χ3v) is 4.36. The van der Waals surface area contributed by atoms with Gasteiger partial charge in [-0.1, -0.05) is 32.1 Å². The smallest absolute Gasteiger partial charge is 0.303 e. The minimum absolute atomic E-state index is 0.00651. The molecule has 142 valence electrons. The summed E-state index contributed by atoms with van der Waals surface area (Å²) in [6.07, 6.45) is 7.01. The minimum atomic E-state index is -0.883. The van der Waals surface area contributed by atoms with E-state index in [2.05, 4.69) is 16.0 Å². The van der Waals surface area contributed by atoms with Gasteiger partial charge in [-0.15, -0.1) is 0 Å². The topological polar surface area (TPSA) is 125 Å². The van der Waals surface area contributed by atoms with Crippen molar-refractivity contribution in [2.75, 3.05) is 13.1 Å². The highest BCUT2D eigenvalue weighted by molar-refractivity contribution is 5.87. The molecule has 0 aromatic heterocycles. The second-order valence-corrected chi connectivity index (χ2v) is 6.62. The Balaban J connectivity index is 2.39. The minimum Gasteiger partial charge on any atom is -0.481 e. The Morgan fingerprint density at radius 1 is 1.00 bits per heavy atom. The summed E-state index contributed by atoms with van der Waals surface area (Å²) in [5, 5.41) is 16.5. The van der Waals surface area contributed by atoms with Crippen LogP contribution in [0.3, 0.4) is 0 Å². The molecule has 1 fully saturated rings. The second-order valence-electron chi connectivity index (χ2n) is 6.62. The summed E-state index contributed by atoms with van der Waals surface area (Å²) in [7, 11) is 0. The Hall–Kier alpha value is -2.12. The van der Waals surface area contributed by atoms with Crippen LogP contribution >= 0.6 is 0 Å². The van der Waals surface area contributed by atoms with Crippen molar-refractivity contribution in [3.05, 3.63) is 0 Å². The zero-order valence-corrected chi connectivity index (χ0v) is 14.8. The van der Waals surface area contributed by atoms with Crippen LogP contribution in [0.1, 0.15) is 58.3 Å². The van der Waals surface area contributed by atoms with Gasteiger partial charge in [-0.05, 0) is 18.8 Å². The van der Waals surface area contributed by atoms with Crippen LogP contribution in [-0.2, 0) is 19.2 Å². The van der Waals surface area contributed by atoms with Gasteiger partial charge in [-0.2, -0.15) is 0 Å². The number of nitrogens with one attached hydrogen (secondary N) is 3. The maximum atomic E-state index is 12.0. The summed E-state index contributed by atoms with van der Waals surface area (Å²) < 4.78 is 0. The standard InChI is InChI=1S/C17H29N3O5/c1-12(21)18-10-15(22)19-11-16(23)20-14(7-8-17(24)25)9-13-5-3-2-4-6-13/h13-14H,2-11H2,1H3,(H,18,21)(H,19,22)(H,20,23)(H,24,25). The highest BCUT2D eigenvalue weighted by atomic mass is 16.4. The van der Waals surface area contributed by atoms with Gasteiger partial charge in [-0.3, -0.25) is 19.2 Å². The molecule has 1 aliphatic rings. The average Bonchev–Trinajstić information content (AvgIpc) is 2.57. The highest BCUT2D eigenvalue weighted by Crippen LogP contribution is 2.28. The van der Waals surface area contributed by atoms with Gasteiger partial charge in [0, 0.05) is 19.4 Å². The lowest BCUT2D eigenvalue weighted by atomic mass is 9.84. The molecule has 0 aliphatic heterocycles. The van der Waals surface area contributed by atoms with E-state index in [-0.39, 0.29) is 37.4 Å². The summed E-state index contributed by atoms with van der Waals surface area (Å²) in [5.41, 5.74) is 0. The molecule has 25 heavy (non-hydrogen) atoms. The summed E-state index contributed by atoms with van der Waals surface area (Å²) in [5.74, 6) is -1.48. The van der Waals surface area contributed by atoms with E-state index in [1.165, 1.54) is 26.2 Å². The maximum Gasteiger partial charge on any atom is 0.303 e. The first kappa shape index (κ1) is 20.9. The van der Waals surface area contributed by atoms with Crippen LogP contribution in [0.4, 0.5) is 0 Å². The van der Waals surface area contributed by atoms with Crippen LogP contribution in [0.15, 0.2) is 0 Å². The largest absolute Gasteiger partial charge is 0.481 e. The van der Waals surface area contributed by atoms with Gasteiger partial charge in [0.15, 0.2) is 0 Å². The molecule has 1 unspecified atom stereocenters. The number of carboxylic acid groups (broad SMARTS) is 1. The highest BCUT2D eigenvalue weighted by Gasteiger charge is 2.21. The van der Waals surface area contributed by atoms with Gasteiger partial charge in [-0.25, -0.2) is 0 Å². The van der Waals surface area contributed by atoms with Crippen molar-refractivity contribution >= 4 is 23.7 Å². The molecule has 1 rings (SSSR count). The lowest BCUT2D eigenvalue weighted by Gasteiger charge is -2.27. The fourth-order valence-corrected chi connectivity index (χ4v) is 3.10. The molecular weight excluding hydrogens is 326 g/mol. The Morgan fingerprint density at radius 3 is 2.24 bits per heavy atom. The van der Waals surface area contributed by atoms with E-state index in [0.717, 1.165) is 19.3 Å². The molecule has 0 radical (unpaired) electrons. The number of carbonyl (C=O) groups is 4. The Morgan fingerprint density at radius 2 is 1.64 bits per heavy atom. The van der Waals surface area contributed by atoms with Crippen LogP contribution in [0.5, 0.6) is 0 Å². The van der Waals surface area contributed by atoms with Crippen molar-refractivity contribution in [1.82, 2.24) is 16.0 Å². The van der Waals surface area contributed by atoms with E-state index in [9.17, 15) is 19.2 Å². The number of hydrogen-bond donors (Lipinski definition) is 4. The lowest BCUT2D eigenvalue weighted by molar-refractivity contribution is -0.137. The first-order chi connectivity index (χ1) is 11.9. The zero-order chi connectivity index (χ0) is 18.7. The van der Waals surface area contributed by atoms with Crippen molar-refractivity contribution < 1.29 is 24.3 Å². The molecule has 1 atom stereocenters. The monoisotopic (exact) mass is 355 g/mol. The SMILES string of the molecule is CC(=O)NCC(=O)NCC(=O)NC(CCC(=O)O)CC1CCCCC1. The molecule has 4 N–H and O–H groups in total. The third-order valence-electron chi connectivity index (χ3n) is 4.36. The number of carbonyl (C=O) groups excluding carboxylic acids is 3. The van der Waals surface area contributed by atoms with E-state index in [1.807, 2.05) is 0 Å². The van der Waals surface area contributed by atoms with Gasteiger partial charge in [0.1, 0.15) is 0 Å². The maximum absolute atomic E-state index is 12.0. The molecule has 0 heterocycles. The number of rotatable bonds is 10. The molecule has 1 saturated carbocycles. The van der Waals surface area contributed by atoms with Gasteiger partial charge in [0.25, 0.3) is 0 Å². The number of aliphatic carboxylic acids is 1. The summed E-state index contributed by atoms with van der Waals surface area (Å²) >= 11 is 0. The van der Waals surface area contributed by atoms with E-state index in [4.69, 9.17) is 5.11 Å². The molecule has 0 aromatic rings. The molecule has 3 amide bonds. The normalized spacial score (nSPS) is 15.9. The van der Waals surface area contributed by atoms with E-state index >= 15 is 0 Å². The molecule has 8 heteroatoms.